The molecule has 1 unspecified atom stereocenters. The molecule has 1 aliphatic heterocycles. The Morgan fingerprint density at radius 2 is 2.19 bits per heavy atom. The Morgan fingerprint density at radius 3 is 2.81 bits per heavy atom. The van der Waals surface area contributed by atoms with Crippen LogP contribution in [-0.4, -0.2) is 35.6 Å². The number of aromatic carboxylic acids is 1. The van der Waals surface area contributed by atoms with Gasteiger partial charge in [-0.2, -0.15) is 0 Å². The molecule has 1 heterocycles. The predicted molar refractivity (Wildman–Crippen MR) is 76.3 cm³/mol. The fourth-order valence-electron chi connectivity index (χ4n) is 2.10. The molecule has 0 saturated carbocycles. The van der Waals surface area contributed by atoms with Gasteiger partial charge in [0, 0.05) is 24.7 Å². The molecule has 1 aromatic rings. The summed E-state index contributed by atoms with van der Waals surface area (Å²) in [4.78, 5) is 33.8. The average molecular weight is 291 g/mol. The zero-order valence-corrected chi connectivity index (χ0v) is 11.6. The average Bonchev–Trinajstić information content (AvgIpc) is 2.84. The molecule has 0 radical (unpaired) electrons. The van der Waals surface area contributed by atoms with Gasteiger partial charge >= 0.3 is 12.0 Å². The van der Waals surface area contributed by atoms with Crippen LogP contribution >= 0.6 is 0 Å². The van der Waals surface area contributed by atoms with E-state index in [0.717, 1.165) is 5.56 Å². The van der Waals surface area contributed by atoms with Crippen LogP contribution in [0.2, 0.25) is 0 Å². The van der Waals surface area contributed by atoms with Gasteiger partial charge in [-0.05, 0) is 31.0 Å². The van der Waals surface area contributed by atoms with E-state index in [9.17, 15) is 14.4 Å². The van der Waals surface area contributed by atoms with Gasteiger partial charge in [-0.3, -0.25) is 4.79 Å². The number of amides is 3. The van der Waals surface area contributed by atoms with Gasteiger partial charge in [0.1, 0.15) is 0 Å². The number of urea groups is 1. The number of hydrogen-bond acceptors (Lipinski definition) is 3. The molecule has 0 spiro atoms. The Morgan fingerprint density at radius 1 is 1.43 bits per heavy atom. The monoisotopic (exact) mass is 291 g/mol. The molecule has 1 aliphatic rings. The summed E-state index contributed by atoms with van der Waals surface area (Å²) in [7, 11) is 0. The lowest BCUT2D eigenvalue weighted by atomic mass is 10.1. The minimum Gasteiger partial charge on any atom is -0.478 e. The first-order valence-electron chi connectivity index (χ1n) is 6.64. The fourth-order valence-corrected chi connectivity index (χ4v) is 2.10. The maximum Gasteiger partial charge on any atom is 0.335 e. The van der Waals surface area contributed by atoms with Gasteiger partial charge in [-0.15, -0.1) is 0 Å². The zero-order valence-electron chi connectivity index (χ0n) is 11.6. The quantitative estimate of drug-likeness (QED) is 0.666. The maximum absolute atomic E-state index is 11.8. The van der Waals surface area contributed by atoms with Crippen LogP contribution in [0.15, 0.2) is 18.2 Å². The highest BCUT2D eigenvalue weighted by Gasteiger charge is 2.21. The first-order valence-corrected chi connectivity index (χ1v) is 6.64. The van der Waals surface area contributed by atoms with Crippen LogP contribution in [0.1, 0.15) is 28.8 Å². The van der Waals surface area contributed by atoms with Crippen molar-refractivity contribution in [2.45, 2.75) is 25.8 Å². The lowest BCUT2D eigenvalue weighted by molar-refractivity contribution is -0.119. The van der Waals surface area contributed by atoms with Crippen molar-refractivity contribution in [3.63, 3.8) is 0 Å². The van der Waals surface area contributed by atoms with Crippen LogP contribution in [0, 0.1) is 6.92 Å². The van der Waals surface area contributed by atoms with Gasteiger partial charge in [0.15, 0.2) is 0 Å². The van der Waals surface area contributed by atoms with Crippen LogP contribution in [0.25, 0.3) is 0 Å². The number of carbonyl (C=O) groups excluding carboxylic acids is 2. The maximum atomic E-state index is 11.8. The largest absolute Gasteiger partial charge is 0.478 e. The number of nitrogens with one attached hydrogen (secondary N) is 3. The van der Waals surface area contributed by atoms with E-state index in [0.29, 0.717) is 25.1 Å². The molecule has 0 bridgehead atoms. The van der Waals surface area contributed by atoms with Crippen molar-refractivity contribution in [2.24, 2.45) is 0 Å². The van der Waals surface area contributed by atoms with Crippen molar-refractivity contribution in [1.29, 1.82) is 0 Å². The van der Waals surface area contributed by atoms with Crippen molar-refractivity contribution in [1.82, 2.24) is 10.6 Å². The number of carboxylic acid groups (broad SMARTS) is 1. The summed E-state index contributed by atoms with van der Waals surface area (Å²) >= 11 is 0. The number of aryl methyl sites for hydroxylation is 1. The number of carbonyl (C=O) groups is 3. The van der Waals surface area contributed by atoms with Gasteiger partial charge in [-0.25, -0.2) is 9.59 Å². The number of rotatable bonds is 4. The van der Waals surface area contributed by atoms with E-state index in [1.807, 2.05) is 0 Å². The summed E-state index contributed by atoms with van der Waals surface area (Å²) in [6, 6.07) is 4.05. The Bertz CT molecular complexity index is 586. The third kappa shape index (κ3) is 3.95. The number of benzene rings is 1. The van der Waals surface area contributed by atoms with Crippen LogP contribution in [0.4, 0.5) is 10.5 Å². The second kappa shape index (κ2) is 6.25. The van der Waals surface area contributed by atoms with Crippen molar-refractivity contribution >= 4 is 23.6 Å². The number of carboxylic acids is 1. The molecule has 21 heavy (non-hydrogen) atoms. The second-order valence-electron chi connectivity index (χ2n) is 4.97. The van der Waals surface area contributed by atoms with Crippen molar-refractivity contribution in [2.75, 3.05) is 11.9 Å². The van der Waals surface area contributed by atoms with E-state index in [2.05, 4.69) is 16.0 Å². The molecule has 0 aliphatic carbocycles. The SMILES string of the molecule is Cc1ccc(C(=O)O)cc1NC(=O)NCC1CCC(=O)N1. The first-order chi connectivity index (χ1) is 9.95. The highest BCUT2D eigenvalue weighted by Crippen LogP contribution is 2.16. The molecule has 1 saturated heterocycles. The molecule has 4 N–H and O–H groups in total. The van der Waals surface area contributed by atoms with E-state index < -0.39 is 12.0 Å². The highest BCUT2D eigenvalue weighted by molar-refractivity contribution is 5.94. The molecular weight excluding hydrogens is 274 g/mol. The molecule has 1 aromatic carbocycles. The molecule has 1 atom stereocenters. The Kier molecular flexibility index (Phi) is 4.42. The predicted octanol–water partition coefficient (Wildman–Crippen LogP) is 1.09. The van der Waals surface area contributed by atoms with Crippen LogP contribution < -0.4 is 16.0 Å². The summed E-state index contributed by atoms with van der Waals surface area (Å²) < 4.78 is 0. The molecule has 112 valence electrons. The summed E-state index contributed by atoms with van der Waals surface area (Å²) in [5.41, 5.74) is 1.33. The molecule has 7 nitrogen and oxygen atoms in total. The van der Waals surface area contributed by atoms with Gasteiger partial charge < -0.3 is 21.1 Å². The summed E-state index contributed by atoms with van der Waals surface area (Å²) in [6.45, 7) is 2.12. The Labute approximate surface area is 121 Å². The standard InChI is InChI=1S/C14H17N3O4/c1-8-2-3-9(13(19)20)6-11(8)17-14(21)15-7-10-4-5-12(18)16-10/h2-3,6,10H,4-5,7H2,1H3,(H,16,18)(H,19,20)(H2,15,17,21). The minimum atomic E-state index is -1.05. The van der Waals surface area contributed by atoms with Gasteiger partial charge in [-0.1, -0.05) is 6.07 Å². The lowest BCUT2D eigenvalue weighted by Gasteiger charge is -2.13. The van der Waals surface area contributed by atoms with Crippen molar-refractivity contribution in [3.8, 4) is 0 Å². The molecule has 7 heteroatoms. The normalized spacial score (nSPS) is 17.2. The van der Waals surface area contributed by atoms with E-state index >= 15 is 0 Å². The van der Waals surface area contributed by atoms with Crippen LogP contribution in [0.5, 0.6) is 0 Å². The summed E-state index contributed by atoms with van der Waals surface area (Å²) in [5.74, 6) is -1.06. The summed E-state index contributed by atoms with van der Waals surface area (Å²) in [6.07, 6.45) is 1.18. The van der Waals surface area contributed by atoms with E-state index in [1.54, 1.807) is 13.0 Å². The summed E-state index contributed by atoms with van der Waals surface area (Å²) in [5, 5.41) is 17.0. The lowest BCUT2D eigenvalue weighted by Crippen LogP contribution is -2.40. The zero-order chi connectivity index (χ0) is 15.4. The molecule has 3 amide bonds. The van der Waals surface area contributed by atoms with Crippen LogP contribution in [0.3, 0.4) is 0 Å². The second-order valence-corrected chi connectivity index (χ2v) is 4.97. The molecule has 0 aromatic heterocycles. The Hall–Kier alpha value is -2.57. The smallest absolute Gasteiger partial charge is 0.335 e. The number of hydrogen-bond donors (Lipinski definition) is 4. The van der Waals surface area contributed by atoms with E-state index in [-0.39, 0.29) is 17.5 Å². The topological polar surface area (TPSA) is 108 Å². The minimum absolute atomic E-state index is 0.00721. The highest BCUT2D eigenvalue weighted by atomic mass is 16.4. The van der Waals surface area contributed by atoms with Gasteiger partial charge in [0.2, 0.25) is 5.91 Å². The Balaban J connectivity index is 1.91. The molecule has 1 fully saturated rings. The molecule has 2 rings (SSSR count). The molecular formula is C14H17N3O4. The first kappa shape index (κ1) is 14.8. The fraction of sp³-hybridized carbons (Fsp3) is 0.357. The third-order valence-electron chi connectivity index (χ3n) is 3.33. The van der Waals surface area contributed by atoms with Crippen LogP contribution in [-0.2, 0) is 4.79 Å². The number of anilines is 1. The third-order valence-corrected chi connectivity index (χ3v) is 3.33. The van der Waals surface area contributed by atoms with Crippen molar-refractivity contribution < 1.29 is 19.5 Å². The van der Waals surface area contributed by atoms with E-state index in [1.165, 1.54) is 12.1 Å². The van der Waals surface area contributed by atoms with E-state index in [4.69, 9.17) is 5.11 Å². The van der Waals surface area contributed by atoms with Gasteiger partial charge in [0.05, 0.1) is 5.56 Å². The van der Waals surface area contributed by atoms with Crippen molar-refractivity contribution in [3.05, 3.63) is 29.3 Å². The van der Waals surface area contributed by atoms with Gasteiger partial charge in [0.25, 0.3) is 0 Å².